The van der Waals surface area contributed by atoms with Gasteiger partial charge in [0.1, 0.15) is 0 Å². The zero-order valence-electron chi connectivity index (χ0n) is 7.38. The zero-order valence-corrected chi connectivity index (χ0v) is 11.2. The Labute approximate surface area is 107 Å². The summed E-state index contributed by atoms with van der Waals surface area (Å²) in [4.78, 5) is 12.1. The van der Waals surface area contributed by atoms with Crippen LogP contribution in [-0.4, -0.2) is 12.6 Å². The molecule has 1 rings (SSSR count). The molecular formula is C9H8ClIO2S. The van der Waals surface area contributed by atoms with E-state index in [1.807, 2.05) is 22.6 Å². The van der Waals surface area contributed by atoms with Gasteiger partial charge in [-0.25, -0.2) is 4.79 Å². The van der Waals surface area contributed by atoms with Gasteiger partial charge in [0.25, 0.3) is 0 Å². The largest absolute Gasteiger partial charge is 0.462 e. The van der Waals surface area contributed by atoms with Gasteiger partial charge in [-0.3, -0.25) is 0 Å². The molecule has 0 aliphatic carbocycles. The summed E-state index contributed by atoms with van der Waals surface area (Å²) in [7, 11) is 0. The fraction of sp³-hybridized carbons (Fsp3) is 0.222. The van der Waals surface area contributed by atoms with Gasteiger partial charge in [0.05, 0.1) is 12.2 Å². The van der Waals surface area contributed by atoms with Crippen LogP contribution in [0.5, 0.6) is 0 Å². The number of ether oxygens (including phenoxy) is 1. The van der Waals surface area contributed by atoms with Gasteiger partial charge in [-0.2, -0.15) is 0 Å². The van der Waals surface area contributed by atoms with E-state index in [2.05, 4.69) is 12.6 Å². The predicted octanol–water partition coefficient (Wildman–Crippen LogP) is 3.41. The lowest BCUT2D eigenvalue weighted by molar-refractivity contribution is 0.0524. The number of thiol groups is 1. The van der Waals surface area contributed by atoms with Crippen molar-refractivity contribution in [3.63, 3.8) is 0 Å². The van der Waals surface area contributed by atoms with Crippen LogP contribution in [0.25, 0.3) is 0 Å². The molecule has 0 saturated carbocycles. The third-order valence-corrected chi connectivity index (χ3v) is 3.67. The molecule has 0 spiro atoms. The Bertz CT molecular complexity index is 368. The molecule has 14 heavy (non-hydrogen) atoms. The Morgan fingerprint density at radius 3 is 2.86 bits per heavy atom. The van der Waals surface area contributed by atoms with Gasteiger partial charge in [-0.15, -0.1) is 12.6 Å². The maximum absolute atomic E-state index is 11.5. The summed E-state index contributed by atoms with van der Waals surface area (Å²) in [6.45, 7) is 2.11. The molecule has 0 saturated heterocycles. The molecule has 0 amide bonds. The van der Waals surface area contributed by atoms with Gasteiger partial charge < -0.3 is 4.74 Å². The Hall–Kier alpha value is 0.0600. The van der Waals surface area contributed by atoms with Crippen LogP contribution in [0, 0.1) is 3.57 Å². The fourth-order valence-corrected chi connectivity index (χ4v) is 2.02. The van der Waals surface area contributed by atoms with E-state index < -0.39 is 0 Å². The van der Waals surface area contributed by atoms with E-state index in [1.54, 1.807) is 19.1 Å². The monoisotopic (exact) mass is 342 g/mol. The maximum atomic E-state index is 11.5. The first-order chi connectivity index (χ1) is 6.56. The highest BCUT2D eigenvalue weighted by molar-refractivity contribution is 14.1. The minimum atomic E-state index is -0.366. The average molecular weight is 343 g/mol. The Morgan fingerprint density at radius 1 is 1.64 bits per heavy atom. The molecule has 0 radical (unpaired) electrons. The van der Waals surface area contributed by atoms with Crippen LogP contribution in [-0.2, 0) is 4.74 Å². The topological polar surface area (TPSA) is 26.3 Å². The van der Waals surface area contributed by atoms with Crippen molar-refractivity contribution in [3.8, 4) is 0 Å². The zero-order chi connectivity index (χ0) is 10.7. The third kappa shape index (κ3) is 2.77. The number of carbonyl (C=O) groups excluding carboxylic acids is 1. The molecule has 0 aliphatic rings. The Kier molecular flexibility index (Phi) is 4.53. The SMILES string of the molecule is CCOC(=O)c1cc(Cl)cc(S)c1I. The second-order valence-electron chi connectivity index (χ2n) is 2.51. The van der Waals surface area contributed by atoms with E-state index in [-0.39, 0.29) is 5.97 Å². The Balaban J connectivity index is 3.13. The lowest BCUT2D eigenvalue weighted by atomic mass is 10.2. The summed E-state index contributed by atoms with van der Waals surface area (Å²) < 4.78 is 5.64. The molecule has 0 aliphatic heterocycles. The van der Waals surface area contributed by atoms with Crippen molar-refractivity contribution < 1.29 is 9.53 Å². The standard InChI is InChI=1S/C9H8ClIO2S/c1-2-13-9(12)6-3-5(10)4-7(14)8(6)11/h3-4,14H,2H2,1H3. The molecular weight excluding hydrogens is 335 g/mol. The summed E-state index contributed by atoms with van der Waals surface area (Å²) in [6.07, 6.45) is 0. The van der Waals surface area contributed by atoms with E-state index in [4.69, 9.17) is 16.3 Å². The maximum Gasteiger partial charge on any atom is 0.339 e. The van der Waals surface area contributed by atoms with E-state index >= 15 is 0 Å². The molecule has 0 bridgehead atoms. The minimum absolute atomic E-state index is 0.351. The molecule has 0 atom stereocenters. The average Bonchev–Trinajstić information content (AvgIpc) is 2.11. The molecule has 0 unspecified atom stereocenters. The number of hydrogen-bond donors (Lipinski definition) is 1. The van der Waals surface area contributed by atoms with E-state index in [1.165, 1.54) is 0 Å². The number of esters is 1. The van der Waals surface area contributed by atoms with Crippen LogP contribution in [0.1, 0.15) is 17.3 Å². The van der Waals surface area contributed by atoms with Gasteiger partial charge >= 0.3 is 5.97 Å². The fourth-order valence-electron chi connectivity index (χ4n) is 0.932. The first-order valence-corrected chi connectivity index (χ1v) is 5.81. The van der Waals surface area contributed by atoms with Crippen molar-refractivity contribution in [3.05, 3.63) is 26.3 Å². The second kappa shape index (κ2) is 5.23. The molecule has 5 heteroatoms. The number of carbonyl (C=O) groups is 1. The molecule has 1 aromatic rings. The lowest BCUT2D eigenvalue weighted by Crippen LogP contribution is -2.07. The summed E-state index contributed by atoms with van der Waals surface area (Å²) in [5.74, 6) is -0.366. The van der Waals surface area contributed by atoms with Crippen LogP contribution < -0.4 is 0 Å². The molecule has 0 aromatic heterocycles. The highest BCUT2D eigenvalue weighted by atomic mass is 127. The van der Waals surface area contributed by atoms with E-state index in [0.29, 0.717) is 22.1 Å². The Morgan fingerprint density at radius 2 is 2.29 bits per heavy atom. The molecule has 0 N–H and O–H groups in total. The van der Waals surface area contributed by atoms with Crippen molar-refractivity contribution in [2.24, 2.45) is 0 Å². The number of halogens is 2. The third-order valence-electron chi connectivity index (χ3n) is 1.51. The molecule has 2 nitrogen and oxygen atoms in total. The first kappa shape index (κ1) is 12.1. The van der Waals surface area contributed by atoms with Gasteiger partial charge in [-0.1, -0.05) is 11.6 Å². The highest BCUT2D eigenvalue weighted by Gasteiger charge is 2.13. The highest BCUT2D eigenvalue weighted by Crippen LogP contribution is 2.26. The van der Waals surface area contributed by atoms with Crippen molar-refractivity contribution in [1.82, 2.24) is 0 Å². The summed E-state index contributed by atoms with van der Waals surface area (Å²) in [6, 6.07) is 3.27. The van der Waals surface area contributed by atoms with Gasteiger partial charge in [0.2, 0.25) is 0 Å². The van der Waals surface area contributed by atoms with Gasteiger partial charge in [0, 0.05) is 13.5 Å². The van der Waals surface area contributed by atoms with Crippen molar-refractivity contribution in [2.75, 3.05) is 6.61 Å². The van der Waals surface area contributed by atoms with Crippen LogP contribution >= 0.6 is 46.8 Å². The van der Waals surface area contributed by atoms with Crippen LogP contribution in [0.2, 0.25) is 5.02 Å². The number of benzene rings is 1. The molecule has 0 fully saturated rings. The minimum Gasteiger partial charge on any atom is -0.462 e. The second-order valence-corrected chi connectivity index (χ2v) is 4.50. The quantitative estimate of drug-likeness (QED) is 0.506. The van der Waals surface area contributed by atoms with Crippen molar-refractivity contribution in [2.45, 2.75) is 11.8 Å². The van der Waals surface area contributed by atoms with Gasteiger partial charge in [0.15, 0.2) is 0 Å². The lowest BCUT2D eigenvalue weighted by Gasteiger charge is -2.06. The molecule has 0 heterocycles. The number of rotatable bonds is 2. The van der Waals surface area contributed by atoms with E-state index in [0.717, 1.165) is 3.57 Å². The summed E-state index contributed by atoms with van der Waals surface area (Å²) in [5, 5.41) is 0.485. The predicted molar refractivity (Wildman–Crippen MR) is 67.4 cm³/mol. The van der Waals surface area contributed by atoms with Crippen molar-refractivity contribution in [1.29, 1.82) is 0 Å². The summed E-state index contributed by atoms with van der Waals surface area (Å²) in [5.41, 5.74) is 0.463. The molecule has 1 aromatic carbocycles. The summed E-state index contributed by atoms with van der Waals surface area (Å²) >= 11 is 12.0. The van der Waals surface area contributed by atoms with E-state index in [9.17, 15) is 4.79 Å². The van der Waals surface area contributed by atoms with Gasteiger partial charge in [-0.05, 0) is 41.6 Å². The smallest absolute Gasteiger partial charge is 0.339 e. The van der Waals surface area contributed by atoms with Crippen LogP contribution in [0.4, 0.5) is 0 Å². The van der Waals surface area contributed by atoms with Crippen molar-refractivity contribution >= 4 is 52.8 Å². The number of hydrogen-bond acceptors (Lipinski definition) is 3. The normalized spacial score (nSPS) is 10.0. The van der Waals surface area contributed by atoms with Crippen LogP contribution in [0.3, 0.4) is 0 Å². The molecule has 76 valence electrons. The first-order valence-electron chi connectivity index (χ1n) is 3.91. The van der Waals surface area contributed by atoms with Crippen LogP contribution in [0.15, 0.2) is 17.0 Å².